The van der Waals surface area contributed by atoms with Crippen molar-refractivity contribution in [1.82, 2.24) is 0 Å². The summed E-state index contributed by atoms with van der Waals surface area (Å²) in [6.07, 6.45) is 4.83. The minimum Gasteiger partial charge on any atom is -0.467 e. The third-order valence-corrected chi connectivity index (χ3v) is 5.30. The van der Waals surface area contributed by atoms with Crippen molar-refractivity contribution in [2.75, 3.05) is 13.7 Å². The first-order valence-corrected chi connectivity index (χ1v) is 7.00. The molecule has 0 aromatic heterocycles. The van der Waals surface area contributed by atoms with Crippen LogP contribution in [0.3, 0.4) is 0 Å². The van der Waals surface area contributed by atoms with Crippen LogP contribution in [0, 0.1) is 10.8 Å². The zero-order valence-corrected chi connectivity index (χ0v) is 11.9. The highest BCUT2D eigenvalue weighted by Crippen LogP contribution is 2.61. The predicted octanol–water partition coefficient (Wildman–Crippen LogP) is 1.82. The van der Waals surface area contributed by atoms with Crippen LogP contribution in [0.2, 0.25) is 0 Å². The van der Waals surface area contributed by atoms with Gasteiger partial charge < -0.3 is 14.6 Å². The zero-order valence-electron chi connectivity index (χ0n) is 11.9. The first-order valence-electron chi connectivity index (χ1n) is 7.00. The quantitative estimate of drug-likeness (QED) is 0.581. The Morgan fingerprint density at radius 2 is 2.21 bits per heavy atom. The van der Waals surface area contributed by atoms with E-state index in [0.717, 1.165) is 19.3 Å². The van der Waals surface area contributed by atoms with Crippen molar-refractivity contribution in [3.63, 3.8) is 0 Å². The van der Waals surface area contributed by atoms with Gasteiger partial charge in [-0.05, 0) is 18.3 Å². The van der Waals surface area contributed by atoms with Crippen LogP contribution in [0.25, 0.3) is 0 Å². The molecule has 0 unspecified atom stereocenters. The Morgan fingerprint density at radius 3 is 2.89 bits per heavy atom. The minimum absolute atomic E-state index is 0.0742. The van der Waals surface area contributed by atoms with E-state index < -0.39 is 17.7 Å². The SMILES string of the molecule is COC(=O)[C@]12C[C@@]3(CCCC(C)(C)C3=C[C@H]1O)CO2. The molecule has 2 bridgehead atoms. The standard InChI is InChI=1S/C15H22O4/c1-13(2)5-4-6-14-8-15(19-9-14,12(17)18-3)11(16)7-10(13)14/h7,11,16H,4-6,8-9H2,1-3H3/t11-,14+,15+/m1/s1. The molecule has 3 rings (SSSR count). The number of hydrogen-bond acceptors (Lipinski definition) is 4. The number of ether oxygens (including phenoxy) is 2. The first-order chi connectivity index (χ1) is 8.86. The van der Waals surface area contributed by atoms with Crippen molar-refractivity contribution in [2.24, 2.45) is 10.8 Å². The lowest BCUT2D eigenvalue weighted by atomic mass is 9.55. The fourth-order valence-corrected chi connectivity index (χ4v) is 4.37. The highest BCUT2D eigenvalue weighted by Gasteiger charge is 2.64. The van der Waals surface area contributed by atoms with Gasteiger partial charge in [0.25, 0.3) is 0 Å². The number of carbonyl (C=O) groups excluding carboxylic acids is 1. The number of carbonyl (C=O) groups is 1. The molecule has 1 spiro atoms. The zero-order chi connectivity index (χ0) is 13.9. The fraction of sp³-hybridized carbons (Fsp3) is 0.800. The van der Waals surface area contributed by atoms with E-state index in [-0.39, 0.29) is 10.8 Å². The van der Waals surface area contributed by atoms with Crippen molar-refractivity contribution in [3.05, 3.63) is 11.6 Å². The molecule has 1 saturated heterocycles. The second kappa shape index (κ2) is 3.83. The normalized spacial score (nSPS) is 43.4. The van der Waals surface area contributed by atoms with Crippen LogP contribution in [0.4, 0.5) is 0 Å². The highest BCUT2D eigenvalue weighted by atomic mass is 16.6. The fourth-order valence-electron chi connectivity index (χ4n) is 4.37. The number of esters is 1. The molecule has 1 N–H and O–H groups in total. The molecule has 0 aromatic carbocycles. The lowest BCUT2D eigenvalue weighted by molar-refractivity contribution is -0.173. The molecular formula is C15H22O4. The Kier molecular flexibility index (Phi) is 2.64. The van der Waals surface area contributed by atoms with Crippen LogP contribution in [-0.4, -0.2) is 36.5 Å². The van der Waals surface area contributed by atoms with Gasteiger partial charge in [0.1, 0.15) is 6.10 Å². The summed E-state index contributed by atoms with van der Waals surface area (Å²) in [5.41, 5.74) is 0.103. The maximum absolute atomic E-state index is 12.1. The van der Waals surface area contributed by atoms with Gasteiger partial charge in [-0.25, -0.2) is 4.79 Å². The third-order valence-electron chi connectivity index (χ3n) is 5.30. The third kappa shape index (κ3) is 1.56. The van der Waals surface area contributed by atoms with Crippen LogP contribution in [0.5, 0.6) is 0 Å². The lowest BCUT2D eigenvalue weighted by Gasteiger charge is -2.48. The van der Waals surface area contributed by atoms with Gasteiger partial charge in [-0.15, -0.1) is 0 Å². The van der Waals surface area contributed by atoms with Crippen molar-refractivity contribution in [2.45, 2.75) is 51.2 Å². The molecule has 106 valence electrons. The van der Waals surface area contributed by atoms with Crippen LogP contribution in [0.1, 0.15) is 39.5 Å². The number of methoxy groups -OCH3 is 1. The van der Waals surface area contributed by atoms with Gasteiger partial charge in [0.15, 0.2) is 5.60 Å². The van der Waals surface area contributed by atoms with Gasteiger partial charge >= 0.3 is 5.97 Å². The summed E-state index contributed by atoms with van der Waals surface area (Å²) >= 11 is 0. The Balaban J connectivity index is 2.08. The molecule has 4 heteroatoms. The number of hydrogen-bond donors (Lipinski definition) is 1. The molecule has 19 heavy (non-hydrogen) atoms. The summed E-state index contributed by atoms with van der Waals surface area (Å²) in [4.78, 5) is 12.1. The smallest absolute Gasteiger partial charge is 0.341 e. The van der Waals surface area contributed by atoms with Crippen LogP contribution in [-0.2, 0) is 14.3 Å². The summed E-state index contributed by atoms with van der Waals surface area (Å²) < 4.78 is 10.7. The van der Waals surface area contributed by atoms with E-state index in [1.54, 1.807) is 0 Å². The Bertz CT molecular complexity index is 453. The second-order valence-corrected chi connectivity index (χ2v) is 6.89. The molecule has 1 aliphatic heterocycles. The number of aliphatic hydroxyl groups is 1. The van der Waals surface area contributed by atoms with Gasteiger partial charge in [0.2, 0.25) is 0 Å². The van der Waals surface area contributed by atoms with E-state index in [0.29, 0.717) is 13.0 Å². The Hall–Kier alpha value is -0.870. The molecule has 4 nitrogen and oxygen atoms in total. The largest absolute Gasteiger partial charge is 0.467 e. The average Bonchev–Trinajstić information content (AvgIpc) is 2.69. The van der Waals surface area contributed by atoms with E-state index in [1.807, 2.05) is 6.08 Å². The maximum atomic E-state index is 12.1. The number of fused-ring (bicyclic) bond motifs is 1. The summed E-state index contributed by atoms with van der Waals surface area (Å²) in [7, 11) is 1.35. The van der Waals surface area contributed by atoms with Crippen molar-refractivity contribution in [1.29, 1.82) is 0 Å². The molecule has 1 saturated carbocycles. The van der Waals surface area contributed by atoms with E-state index >= 15 is 0 Å². The number of rotatable bonds is 1. The topological polar surface area (TPSA) is 55.8 Å². The molecule has 3 atom stereocenters. The molecule has 0 radical (unpaired) electrons. The van der Waals surface area contributed by atoms with E-state index in [1.165, 1.54) is 12.7 Å². The Labute approximate surface area is 113 Å². The van der Waals surface area contributed by atoms with Gasteiger partial charge in [0, 0.05) is 11.8 Å². The van der Waals surface area contributed by atoms with Crippen LogP contribution >= 0.6 is 0 Å². The van der Waals surface area contributed by atoms with Gasteiger partial charge in [-0.1, -0.05) is 31.9 Å². The molecule has 0 amide bonds. The molecule has 2 aliphatic carbocycles. The molecule has 0 aromatic rings. The van der Waals surface area contributed by atoms with Crippen molar-refractivity contribution >= 4 is 5.97 Å². The van der Waals surface area contributed by atoms with Gasteiger partial charge in [0.05, 0.1) is 13.7 Å². The van der Waals surface area contributed by atoms with E-state index in [2.05, 4.69) is 13.8 Å². The predicted molar refractivity (Wildman–Crippen MR) is 69.5 cm³/mol. The van der Waals surface area contributed by atoms with Crippen LogP contribution < -0.4 is 0 Å². The summed E-state index contributed by atoms with van der Waals surface area (Å²) in [5.74, 6) is -0.449. The van der Waals surface area contributed by atoms with Gasteiger partial charge in [-0.2, -0.15) is 0 Å². The molecular weight excluding hydrogens is 244 g/mol. The van der Waals surface area contributed by atoms with Gasteiger partial charge in [-0.3, -0.25) is 0 Å². The molecule has 1 heterocycles. The van der Waals surface area contributed by atoms with E-state index in [4.69, 9.17) is 9.47 Å². The minimum atomic E-state index is -1.17. The van der Waals surface area contributed by atoms with Crippen molar-refractivity contribution < 1.29 is 19.4 Å². The highest BCUT2D eigenvalue weighted by molar-refractivity contribution is 5.82. The van der Waals surface area contributed by atoms with Crippen molar-refractivity contribution in [3.8, 4) is 0 Å². The maximum Gasteiger partial charge on any atom is 0.341 e. The second-order valence-electron chi connectivity index (χ2n) is 6.89. The number of aliphatic hydroxyl groups excluding tert-OH is 1. The monoisotopic (exact) mass is 266 g/mol. The van der Waals surface area contributed by atoms with E-state index in [9.17, 15) is 9.90 Å². The first kappa shape index (κ1) is 13.1. The summed E-state index contributed by atoms with van der Waals surface area (Å²) in [6.45, 7) is 4.96. The average molecular weight is 266 g/mol. The summed E-state index contributed by atoms with van der Waals surface area (Å²) in [6, 6.07) is 0. The molecule has 2 fully saturated rings. The molecule has 3 aliphatic rings. The Morgan fingerprint density at radius 1 is 1.47 bits per heavy atom. The summed E-state index contributed by atoms with van der Waals surface area (Å²) in [5, 5.41) is 10.4. The lowest BCUT2D eigenvalue weighted by Crippen LogP contribution is -2.53. The van der Waals surface area contributed by atoms with Crippen LogP contribution in [0.15, 0.2) is 11.6 Å².